The Morgan fingerprint density at radius 1 is 1.47 bits per heavy atom. The Kier molecular flexibility index (Phi) is 4.80. The van der Waals surface area contributed by atoms with E-state index in [2.05, 4.69) is 5.32 Å². The summed E-state index contributed by atoms with van der Waals surface area (Å²) in [5.74, 6) is 0.976. The van der Waals surface area contributed by atoms with Gasteiger partial charge in [-0.2, -0.15) is 0 Å². The van der Waals surface area contributed by atoms with Crippen LogP contribution in [0.3, 0.4) is 0 Å². The van der Waals surface area contributed by atoms with E-state index in [1.165, 1.54) is 0 Å². The molecule has 1 fully saturated rings. The molecule has 0 heterocycles. The van der Waals surface area contributed by atoms with Gasteiger partial charge in [-0.25, -0.2) is 0 Å². The smallest absolute Gasteiger partial charge is 0.309 e. The van der Waals surface area contributed by atoms with Crippen LogP contribution in [-0.4, -0.2) is 25.7 Å². The number of hydrogen-bond acceptors (Lipinski definition) is 4. The van der Waals surface area contributed by atoms with Gasteiger partial charge in [-0.1, -0.05) is 12.1 Å². The van der Waals surface area contributed by atoms with E-state index in [4.69, 9.17) is 9.47 Å². The van der Waals surface area contributed by atoms with Gasteiger partial charge in [0.2, 0.25) is 0 Å². The number of ether oxygens (including phenoxy) is 2. The van der Waals surface area contributed by atoms with Gasteiger partial charge in [0.05, 0.1) is 13.0 Å². The summed E-state index contributed by atoms with van der Waals surface area (Å²) < 4.78 is 10.5. The first-order chi connectivity index (χ1) is 9.19. The van der Waals surface area contributed by atoms with Gasteiger partial charge in [0.1, 0.15) is 11.9 Å². The maximum absolute atomic E-state index is 11.5. The Labute approximate surface area is 114 Å². The van der Waals surface area contributed by atoms with E-state index in [-0.39, 0.29) is 18.0 Å². The second-order valence-corrected chi connectivity index (χ2v) is 5.00. The average molecular weight is 263 g/mol. The summed E-state index contributed by atoms with van der Waals surface area (Å²) in [5, 5.41) is 3.28. The molecule has 2 rings (SSSR count). The number of carbonyl (C=O) groups excluding carboxylic acids is 1. The molecule has 0 spiro atoms. The SMILES string of the molecule is COc1cccc(CNCC(C)OC(=O)C2CC2)c1. The van der Waals surface area contributed by atoms with Gasteiger partial charge in [-0.15, -0.1) is 0 Å². The first-order valence-electron chi connectivity index (χ1n) is 6.73. The molecule has 1 unspecified atom stereocenters. The monoisotopic (exact) mass is 263 g/mol. The third kappa shape index (κ3) is 4.56. The van der Waals surface area contributed by atoms with Crippen LogP contribution in [0.4, 0.5) is 0 Å². The number of rotatable bonds is 7. The minimum atomic E-state index is -0.0845. The summed E-state index contributed by atoms with van der Waals surface area (Å²) in [4.78, 5) is 11.5. The van der Waals surface area contributed by atoms with Crippen LogP contribution in [0.5, 0.6) is 5.75 Å². The molecule has 104 valence electrons. The maximum atomic E-state index is 11.5. The van der Waals surface area contributed by atoms with Crippen molar-refractivity contribution in [1.82, 2.24) is 5.32 Å². The lowest BCUT2D eigenvalue weighted by molar-refractivity contribution is -0.149. The molecule has 0 aromatic heterocycles. The van der Waals surface area contributed by atoms with Gasteiger partial charge < -0.3 is 14.8 Å². The zero-order valence-electron chi connectivity index (χ0n) is 11.5. The van der Waals surface area contributed by atoms with E-state index in [0.717, 1.165) is 30.7 Å². The van der Waals surface area contributed by atoms with E-state index < -0.39 is 0 Å². The first-order valence-corrected chi connectivity index (χ1v) is 6.73. The Bertz CT molecular complexity index is 429. The molecule has 0 amide bonds. The van der Waals surface area contributed by atoms with Crippen molar-refractivity contribution in [2.45, 2.75) is 32.4 Å². The standard InChI is InChI=1S/C15H21NO3/c1-11(19-15(17)13-6-7-13)9-16-10-12-4-3-5-14(8-12)18-2/h3-5,8,11,13,16H,6-7,9-10H2,1-2H3. The van der Waals surface area contributed by atoms with Crippen molar-refractivity contribution in [3.8, 4) is 5.75 Å². The van der Waals surface area contributed by atoms with E-state index in [9.17, 15) is 4.79 Å². The lowest BCUT2D eigenvalue weighted by atomic mass is 10.2. The number of carbonyl (C=O) groups is 1. The van der Waals surface area contributed by atoms with E-state index in [1.54, 1.807) is 7.11 Å². The Hall–Kier alpha value is -1.55. The maximum Gasteiger partial charge on any atom is 0.309 e. The molecule has 1 aromatic rings. The van der Waals surface area contributed by atoms with Gasteiger partial charge >= 0.3 is 5.97 Å². The van der Waals surface area contributed by atoms with Crippen LogP contribution in [0.2, 0.25) is 0 Å². The largest absolute Gasteiger partial charge is 0.497 e. The molecule has 0 radical (unpaired) electrons. The van der Waals surface area contributed by atoms with E-state index in [0.29, 0.717) is 6.54 Å². The fourth-order valence-electron chi connectivity index (χ4n) is 1.86. The van der Waals surface area contributed by atoms with Crippen LogP contribution in [0, 0.1) is 5.92 Å². The lowest BCUT2D eigenvalue weighted by Crippen LogP contribution is -2.29. The summed E-state index contributed by atoms with van der Waals surface area (Å²) >= 11 is 0. The fraction of sp³-hybridized carbons (Fsp3) is 0.533. The predicted octanol–water partition coefficient (Wildman–Crippen LogP) is 2.13. The van der Waals surface area contributed by atoms with Crippen molar-refractivity contribution < 1.29 is 14.3 Å². The highest BCUT2D eigenvalue weighted by molar-refractivity contribution is 5.75. The van der Waals surface area contributed by atoms with Crippen LogP contribution in [-0.2, 0) is 16.1 Å². The Balaban J connectivity index is 1.68. The Morgan fingerprint density at radius 3 is 2.95 bits per heavy atom. The van der Waals surface area contributed by atoms with Crippen molar-refractivity contribution in [2.24, 2.45) is 5.92 Å². The average Bonchev–Trinajstić information content (AvgIpc) is 3.23. The number of esters is 1. The molecule has 1 N–H and O–H groups in total. The molecule has 1 aromatic carbocycles. The summed E-state index contributed by atoms with van der Waals surface area (Å²) in [6, 6.07) is 7.92. The van der Waals surface area contributed by atoms with Gasteiger partial charge in [-0.05, 0) is 37.5 Å². The predicted molar refractivity (Wildman–Crippen MR) is 73.0 cm³/mol. The molecule has 1 aliphatic carbocycles. The molecule has 1 saturated carbocycles. The summed E-state index contributed by atoms with van der Waals surface area (Å²) in [5.41, 5.74) is 1.15. The van der Waals surface area contributed by atoms with Crippen LogP contribution in [0.1, 0.15) is 25.3 Å². The van der Waals surface area contributed by atoms with Gasteiger partial charge in [-0.3, -0.25) is 4.79 Å². The molecule has 19 heavy (non-hydrogen) atoms. The highest BCUT2D eigenvalue weighted by Gasteiger charge is 2.32. The van der Waals surface area contributed by atoms with Crippen molar-refractivity contribution in [1.29, 1.82) is 0 Å². The molecular weight excluding hydrogens is 242 g/mol. The lowest BCUT2D eigenvalue weighted by Gasteiger charge is -2.14. The van der Waals surface area contributed by atoms with Gasteiger partial charge in [0, 0.05) is 13.1 Å². The molecule has 1 aliphatic rings. The second kappa shape index (κ2) is 6.57. The van der Waals surface area contributed by atoms with Crippen LogP contribution >= 0.6 is 0 Å². The highest BCUT2D eigenvalue weighted by Crippen LogP contribution is 2.30. The number of methoxy groups -OCH3 is 1. The van der Waals surface area contributed by atoms with Crippen molar-refractivity contribution in [3.05, 3.63) is 29.8 Å². The zero-order valence-corrected chi connectivity index (χ0v) is 11.5. The van der Waals surface area contributed by atoms with E-state index >= 15 is 0 Å². The number of hydrogen-bond donors (Lipinski definition) is 1. The van der Waals surface area contributed by atoms with Gasteiger partial charge in [0.25, 0.3) is 0 Å². The van der Waals surface area contributed by atoms with Crippen LogP contribution in [0.25, 0.3) is 0 Å². The Morgan fingerprint density at radius 2 is 2.26 bits per heavy atom. The van der Waals surface area contributed by atoms with Crippen molar-refractivity contribution >= 4 is 5.97 Å². The van der Waals surface area contributed by atoms with Crippen LogP contribution < -0.4 is 10.1 Å². The second-order valence-electron chi connectivity index (χ2n) is 5.00. The zero-order chi connectivity index (χ0) is 13.7. The minimum Gasteiger partial charge on any atom is -0.497 e. The molecular formula is C15H21NO3. The van der Waals surface area contributed by atoms with Crippen molar-refractivity contribution in [2.75, 3.05) is 13.7 Å². The molecule has 0 bridgehead atoms. The minimum absolute atomic E-state index is 0.0457. The van der Waals surface area contributed by atoms with E-state index in [1.807, 2.05) is 31.2 Å². The summed E-state index contributed by atoms with van der Waals surface area (Å²) in [6.07, 6.45) is 1.89. The molecule has 4 nitrogen and oxygen atoms in total. The van der Waals surface area contributed by atoms with Gasteiger partial charge in [0.15, 0.2) is 0 Å². The van der Waals surface area contributed by atoms with Crippen LogP contribution in [0.15, 0.2) is 24.3 Å². The third-order valence-corrected chi connectivity index (χ3v) is 3.12. The molecule has 0 saturated heterocycles. The number of benzene rings is 1. The molecule has 1 atom stereocenters. The topological polar surface area (TPSA) is 47.6 Å². The quantitative estimate of drug-likeness (QED) is 0.766. The third-order valence-electron chi connectivity index (χ3n) is 3.12. The molecule has 4 heteroatoms. The molecule has 0 aliphatic heterocycles. The number of nitrogens with one attached hydrogen (secondary N) is 1. The van der Waals surface area contributed by atoms with Crippen molar-refractivity contribution in [3.63, 3.8) is 0 Å². The summed E-state index contributed by atoms with van der Waals surface area (Å²) in [7, 11) is 1.66. The fourth-order valence-corrected chi connectivity index (χ4v) is 1.86. The summed E-state index contributed by atoms with van der Waals surface area (Å²) in [6.45, 7) is 3.32. The first kappa shape index (κ1) is 13.9. The highest BCUT2D eigenvalue weighted by atomic mass is 16.5. The normalized spacial score (nSPS) is 15.9.